The lowest BCUT2D eigenvalue weighted by atomic mass is 10.0. The average molecular weight is 438 g/mol. The molecule has 2 N–H and O–H groups in total. The van der Waals surface area contributed by atoms with Gasteiger partial charge in [-0.25, -0.2) is 0 Å². The molecule has 0 atom stereocenters. The van der Waals surface area contributed by atoms with Crippen LogP contribution in [-0.2, 0) is 17.5 Å². The van der Waals surface area contributed by atoms with Gasteiger partial charge in [-0.1, -0.05) is 30.3 Å². The number of nitrogens with zero attached hydrogens (tertiary/aromatic N) is 2. The maximum absolute atomic E-state index is 13.2. The molecule has 5 nitrogen and oxygen atoms in total. The molecule has 0 radical (unpaired) electrons. The minimum Gasteiger partial charge on any atom is -0.324 e. The van der Waals surface area contributed by atoms with Crippen LogP contribution in [0.25, 0.3) is 11.1 Å². The summed E-state index contributed by atoms with van der Waals surface area (Å²) in [5.41, 5.74) is 0.273. The zero-order valence-electron chi connectivity index (χ0n) is 17.5. The number of aromatic nitrogens is 1. The highest BCUT2D eigenvalue weighted by Crippen LogP contribution is 2.33. The summed E-state index contributed by atoms with van der Waals surface area (Å²) < 4.78 is 39.5. The van der Waals surface area contributed by atoms with Crippen LogP contribution in [0.2, 0.25) is 0 Å². The SMILES string of the molecule is CC(C)(NCc1ccc(-c2cccnc2)cc1)C(=O)Nc1ccc(C#N)c(C(F)(F)F)c1. The number of anilines is 1. The smallest absolute Gasteiger partial charge is 0.324 e. The highest BCUT2D eigenvalue weighted by Gasteiger charge is 2.34. The lowest BCUT2D eigenvalue weighted by Crippen LogP contribution is -2.49. The number of carbonyl (C=O) groups excluding carboxylic acids is 1. The van der Waals surface area contributed by atoms with Gasteiger partial charge < -0.3 is 5.32 Å². The molecule has 1 amide bonds. The minimum absolute atomic E-state index is 0.0305. The van der Waals surface area contributed by atoms with Crippen molar-refractivity contribution in [3.8, 4) is 17.2 Å². The van der Waals surface area contributed by atoms with Crippen molar-refractivity contribution in [2.45, 2.75) is 32.1 Å². The lowest BCUT2D eigenvalue weighted by molar-refractivity contribution is -0.137. The van der Waals surface area contributed by atoms with Crippen LogP contribution in [0.5, 0.6) is 0 Å². The molecule has 3 aromatic rings. The van der Waals surface area contributed by atoms with E-state index in [0.717, 1.165) is 28.8 Å². The number of amides is 1. The molecule has 0 saturated carbocycles. The van der Waals surface area contributed by atoms with Crippen molar-refractivity contribution >= 4 is 11.6 Å². The Morgan fingerprint density at radius 2 is 1.78 bits per heavy atom. The Bertz CT molecular complexity index is 1130. The maximum Gasteiger partial charge on any atom is 0.417 e. The van der Waals surface area contributed by atoms with E-state index >= 15 is 0 Å². The third kappa shape index (κ3) is 5.50. The fraction of sp³-hybridized carbons (Fsp3) is 0.208. The van der Waals surface area contributed by atoms with E-state index in [2.05, 4.69) is 15.6 Å². The first kappa shape index (κ1) is 23.0. The molecule has 0 aliphatic rings. The standard InChI is InChI=1S/C24H21F3N4O/c1-23(2,22(32)31-20-10-9-18(13-28)21(12-20)24(25,26)27)30-14-16-5-7-17(8-6-16)19-4-3-11-29-15-19/h3-12,15,30H,14H2,1-2H3,(H,31,32). The minimum atomic E-state index is -4.69. The van der Waals surface area contributed by atoms with Gasteiger partial charge in [-0.2, -0.15) is 18.4 Å². The number of benzene rings is 2. The number of rotatable bonds is 6. The quantitative estimate of drug-likeness (QED) is 0.558. The number of halogens is 3. The molecule has 0 bridgehead atoms. The third-order valence-corrected chi connectivity index (χ3v) is 4.95. The Hall–Kier alpha value is -3.70. The van der Waals surface area contributed by atoms with Gasteiger partial charge in [0.15, 0.2) is 0 Å². The van der Waals surface area contributed by atoms with Gasteiger partial charge in [0.1, 0.15) is 0 Å². The van der Waals surface area contributed by atoms with Crippen LogP contribution in [0.15, 0.2) is 67.0 Å². The monoisotopic (exact) mass is 438 g/mol. The zero-order valence-corrected chi connectivity index (χ0v) is 17.5. The predicted octanol–water partition coefficient (Wildman–Crippen LogP) is 5.15. The van der Waals surface area contributed by atoms with E-state index in [1.165, 1.54) is 12.1 Å². The number of nitriles is 1. The average Bonchev–Trinajstić information content (AvgIpc) is 2.78. The summed E-state index contributed by atoms with van der Waals surface area (Å²) in [6.07, 6.45) is -1.22. The first-order chi connectivity index (χ1) is 15.1. The molecule has 0 saturated heterocycles. The normalized spacial score (nSPS) is 11.6. The number of pyridine rings is 1. The van der Waals surface area contributed by atoms with E-state index < -0.39 is 28.7 Å². The van der Waals surface area contributed by atoms with Gasteiger partial charge in [-0.05, 0) is 54.8 Å². The van der Waals surface area contributed by atoms with Crippen molar-refractivity contribution in [3.63, 3.8) is 0 Å². The highest BCUT2D eigenvalue weighted by molar-refractivity contribution is 5.97. The zero-order chi connectivity index (χ0) is 23.4. The molecule has 0 unspecified atom stereocenters. The van der Waals surface area contributed by atoms with Gasteiger partial charge in [0, 0.05) is 24.6 Å². The second-order valence-electron chi connectivity index (χ2n) is 7.74. The highest BCUT2D eigenvalue weighted by atomic mass is 19.4. The van der Waals surface area contributed by atoms with Crippen molar-refractivity contribution in [2.75, 3.05) is 5.32 Å². The first-order valence-electron chi connectivity index (χ1n) is 9.77. The summed E-state index contributed by atoms with van der Waals surface area (Å²) in [5.74, 6) is -0.498. The number of alkyl halides is 3. The summed E-state index contributed by atoms with van der Waals surface area (Å²) in [6.45, 7) is 3.66. The summed E-state index contributed by atoms with van der Waals surface area (Å²) in [4.78, 5) is 16.8. The summed E-state index contributed by atoms with van der Waals surface area (Å²) in [5, 5.41) is 14.5. The van der Waals surface area contributed by atoms with Crippen LogP contribution in [0, 0.1) is 11.3 Å². The van der Waals surface area contributed by atoms with Crippen LogP contribution in [0.4, 0.5) is 18.9 Å². The molecule has 32 heavy (non-hydrogen) atoms. The van der Waals surface area contributed by atoms with E-state index in [0.29, 0.717) is 6.54 Å². The molecule has 8 heteroatoms. The fourth-order valence-corrected chi connectivity index (χ4v) is 2.99. The number of nitrogens with one attached hydrogen (secondary N) is 2. The molecule has 0 aliphatic heterocycles. The lowest BCUT2D eigenvalue weighted by Gasteiger charge is -2.25. The molecule has 164 valence electrons. The third-order valence-electron chi connectivity index (χ3n) is 4.95. The van der Waals surface area contributed by atoms with Gasteiger partial charge in [-0.15, -0.1) is 0 Å². The molecular weight excluding hydrogens is 417 g/mol. The molecule has 3 rings (SSSR count). The van der Waals surface area contributed by atoms with Crippen LogP contribution >= 0.6 is 0 Å². The summed E-state index contributed by atoms with van der Waals surface area (Å²) in [7, 11) is 0. The molecular formula is C24H21F3N4O. The second kappa shape index (κ2) is 9.20. The van der Waals surface area contributed by atoms with Crippen LogP contribution < -0.4 is 10.6 Å². The molecule has 0 fully saturated rings. The topological polar surface area (TPSA) is 77.8 Å². The van der Waals surface area contributed by atoms with Gasteiger partial charge in [0.25, 0.3) is 0 Å². The van der Waals surface area contributed by atoms with E-state index in [9.17, 15) is 18.0 Å². The van der Waals surface area contributed by atoms with E-state index in [1.54, 1.807) is 26.2 Å². The van der Waals surface area contributed by atoms with Crippen molar-refractivity contribution < 1.29 is 18.0 Å². The molecule has 0 spiro atoms. The predicted molar refractivity (Wildman–Crippen MR) is 115 cm³/mol. The Balaban J connectivity index is 1.65. The van der Waals surface area contributed by atoms with Gasteiger partial charge in [-0.3, -0.25) is 15.1 Å². The van der Waals surface area contributed by atoms with Crippen LogP contribution in [0.1, 0.15) is 30.5 Å². The van der Waals surface area contributed by atoms with Gasteiger partial charge in [0.05, 0.1) is 22.7 Å². The fourth-order valence-electron chi connectivity index (χ4n) is 2.99. The van der Waals surface area contributed by atoms with E-state index in [4.69, 9.17) is 5.26 Å². The Kier molecular flexibility index (Phi) is 6.61. The van der Waals surface area contributed by atoms with E-state index in [1.807, 2.05) is 36.4 Å². The molecule has 2 aromatic carbocycles. The number of hydrogen-bond acceptors (Lipinski definition) is 4. The largest absolute Gasteiger partial charge is 0.417 e. The van der Waals surface area contributed by atoms with Crippen molar-refractivity contribution in [1.29, 1.82) is 5.26 Å². The van der Waals surface area contributed by atoms with Crippen molar-refractivity contribution in [3.05, 3.63) is 83.7 Å². The van der Waals surface area contributed by atoms with Crippen molar-refractivity contribution in [1.82, 2.24) is 10.3 Å². The Morgan fingerprint density at radius 1 is 1.06 bits per heavy atom. The van der Waals surface area contributed by atoms with Crippen molar-refractivity contribution in [2.24, 2.45) is 0 Å². The Labute approximate surface area is 183 Å². The molecule has 1 heterocycles. The van der Waals surface area contributed by atoms with Gasteiger partial charge >= 0.3 is 6.18 Å². The van der Waals surface area contributed by atoms with Crippen LogP contribution in [0.3, 0.4) is 0 Å². The first-order valence-corrected chi connectivity index (χ1v) is 9.77. The van der Waals surface area contributed by atoms with Crippen LogP contribution in [-0.4, -0.2) is 16.4 Å². The molecule has 1 aromatic heterocycles. The number of carbonyl (C=O) groups is 1. The summed E-state index contributed by atoms with van der Waals surface area (Å²) in [6, 6.07) is 16.2. The van der Waals surface area contributed by atoms with E-state index in [-0.39, 0.29) is 5.69 Å². The number of hydrogen-bond donors (Lipinski definition) is 2. The Morgan fingerprint density at radius 3 is 2.38 bits per heavy atom. The second-order valence-corrected chi connectivity index (χ2v) is 7.74. The maximum atomic E-state index is 13.2. The molecule has 0 aliphatic carbocycles. The summed E-state index contributed by atoms with van der Waals surface area (Å²) >= 11 is 0. The van der Waals surface area contributed by atoms with Gasteiger partial charge in [0.2, 0.25) is 5.91 Å².